The summed E-state index contributed by atoms with van der Waals surface area (Å²) in [6.07, 6.45) is 3.65. The summed E-state index contributed by atoms with van der Waals surface area (Å²) in [4.78, 5) is 0. The van der Waals surface area contributed by atoms with Crippen LogP contribution in [0.1, 0.15) is 25.3 Å². The molecular weight excluding hydrogens is 288 g/mol. The highest BCUT2D eigenvalue weighted by Gasteiger charge is 2.15. The van der Waals surface area contributed by atoms with E-state index in [1.165, 1.54) is 61.5 Å². The standard InChI is InChI=1S/C24H20/c1-2-3-7-16-12-14-18-15-13-17-8-6-11-21-19-9-4-5-10-20(19)22(16)24(18)23(17)21/h4-6,8-15H,2-3,7H2,1H3. The Balaban J connectivity index is 2.10. The van der Waals surface area contributed by atoms with Crippen LogP contribution >= 0.6 is 0 Å². The van der Waals surface area contributed by atoms with E-state index in [4.69, 9.17) is 0 Å². The number of hydrogen-bond donors (Lipinski definition) is 0. The van der Waals surface area contributed by atoms with Crippen molar-refractivity contribution < 1.29 is 0 Å². The zero-order valence-electron chi connectivity index (χ0n) is 14.0. The Kier molecular flexibility index (Phi) is 2.99. The Bertz CT molecular complexity index is 1180. The summed E-state index contributed by atoms with van der Waals surface area (Å²) in [6, 6.07) is 24.8. The summed E-state index contributed by atoms with van der Waals surface area (Å²) < 4.78 is 0. The van der Waals surface area contributed by atoms with Crippen LogP contribution in [-0.4, -0.2) is 0 Å². The van der Waals surface area contributed by atoms with Gasteiger partial charge in [-0.3, -0.25) is 0 Å². The zero-order chi connectivity index (χ0) is 16.1. The van der Waals surface area contributed by atoms with Gasteiger partial charge in [-0.15, -0.1) is 0 Å². The second-order valence-electron chi connectivity index (χ2n) is 6.82. The first-order valence-corrected chi connectivity index (χ1v) is 8.95. The summed E-state index contributed by atoms with van der Waals surface area (Å²) in [6.45, 7) is 2.27. The van der Waals surface area contributed by atoms with E-state index in [0.29, 0.717) is 0 Å². The highest BCUT2D eigenvalue weighted by Crippen LogP contribution is 2.42. The molecule has 0 heterocycles. The molecule has 0 N–H and O–H groups in total. The van der Waals surface area contributed by atoms with Gasteiger partial charge < -0.3 is 0 Å². The van der Waals surface area contributed by atoms with Crippen molar-refractivity contribution in [3.63, 3.8) is 0 Å². The van der Waals surface area contributed by atoms with E-state index in [1.807, 2.05) is 0 Å². The number of fused-ring (bicyclic) bond motifs is 3. The van der Waals surface area contributed by atoms with Gasteiger partial charge in [-0.05, 0) is 61.5 Å². The Morgan fingerprint density at radius 1 is 0.583 bits per heavy atom. The van der Waals surface area contributed by atoms with Crippen LogP contribution in [0, 0.1) is 0 Å². The molecule has 0 radical (unpaired) electrons. The van der Waals surface area contributed by atoms with E-state index in [0.717, 1.165) is 6.42 Å². The molecule has 0 spiro atoms. The largest absolute Gasteiger partial charge is 0.0654 e. The molecule has 116 valence electrons. The van der Waals surface area contributed by atoms with E-state index < -0.39 is 0 Å². The minimum absolute atomic E-state index is 1.16. The van der Waals surface area contributed by atoms with Crippen molar-refractivity contribution in [2.24, 2.45) is 0 Å². The summed E-state index contributed by atoms with van der Waals surface area (Å²) in [5.41, 5.74) is 1.50. The fourth-order valence-electron chi connectivity index (χ4n) is 4.28. The zero-order valence-corrected chi connectivity index (χ0v) is 14.0. The van der Waals surface area contributed by atoms with Gasteiger partial charge >= 0.3 is 0 Å². The van der Waals surface area contributed by atoms with Crippen molar-refractivity contribution in [1.29, 1.82) is 0 Å². The lowest BCUT2D eigenvalue weighted by atomic mass is 9.86. The fraction of sp³-hybridized carbons (Fsp3) is 0.167. The lowest BCUT2D eigenvalue weighted by molar-refractivity contribution is 0.799. The molecule has 0 saturated heterocycles. The minimum atomic E-state index is 1.16. The number of benzene rings is 5. The third kappa shape index (κ3) is 1.80. The predicted octanol–water partition coefficient (Wildman–Crippen LogP) is 7.08. The molecule has 5 aromatic rings. The normalized spacial score (nSPS) is 12.0. The van der Waals surface area contributed by atoms with Gasteiger partial charge in [0.05, 0.1) is 0 Å². The molecule has 0 atom stereocenters. The maximum Gasteiger partial charge on any atom is -0.00176 e. The molecule has 0 heteroatoms. The van der Waals surface area contributed by atoms with Crippen molar-refractivity contribution in [2.75, 3.05) is 0 Å². The summed E-state index contributed by atoms with van der Waals surface area (Å²) in [5.74, 6) is 0. The highest BCUT2D eigenvalue weighted by molar-refractivity contribution is 6.34. The number of aryl methyl sites for hydroxylation is 1. The van der Waals surface area contributed by atoms with Gasteiger partial charge in [0.25, 0.3) is 0 Å². The SMILES string of the molecule is CCCCc1ccc2ccc3cccc4c5ccccc5c1c2c34. The van der Waals surface area contributed by atoms with Gasteiger partial charge in [-0.25, -0.2) is 0 Å². The number of hydrogen-bond acceptors (Lipinski definition) is 0. The smallest absolute Gasteiger partial charge is 0.00176 e. The van der Waals surface area contributed by atoms with Crippen LogP contribution in [0.25, 0.3) is 43.1 Å². The van der Waals surface area contributed by atoms with Gasteiger partial charge in [0.2, 0.25) is 0 Å². The first-order valence-electron chi connectivity index (χ1n) is 8.95. The molecule has 0 aliphatic heterocycles. The van der Waals surface area contributed by atoms with Crippen LogP contribution in [0.4, 0.5) is 0 Å². The molecule has 24 heavy (non-hydrogen) atoms. The topological polar surface area (TPSA) is 0 Å². The number of unbranched alkanes of at least 4 members (excludes halogenated alkanes) is 1. The van der Waals surface area contributed by atoms with Crippen LogP contribution in [-0.2, 0) is 6.42 Å². The summed E-state index contributed by atoms with van der Waals surface area (Å²) in [7, 11) is 0. The summed E-state index contributed by atoms with van der Waals surface area (Å²) in [5, 5.41) is 11.2. The lowest BCUT2D eigenvalue weighted by Crippen LogP contribution is -1.92. The molecule has 0 bridgehead atoms. The number of rotatable bonds is 3. The molecule has 0 aliphatic rings. The lowest BCUT2D eigenvalue weighted by Gasteiger charge is -2.17. The molecule has 0 fully saturated rings. The quantitative estimate of drug-likeness (QED) is 0.247. The van der Waals surface area contributed by atoms with E-state index in [-0.39, 0.29) is 0 Å². The summed E-state index contributed by atoms with van der Waals surface area (Å²) >= 11 is 0. The van der Waals surface area contributed by atoms with Crippen LogP contribution in [0.3, 0.4) is 0 Å². The second-order valence-corrected chi connectivity index (χ2v) is 6.82. The van der Waals surface area contributed by atoms with Crippen molar-refractivity contribution in [2.45, 2.75) is 26.2 Å². The van der Waals surface area contributed by atoms with Crippen molar-refractivity contribution in [3.8, 4) is 0 Å². The first kappa shape index (κ1) is 13.8. The average molecular weight is 308 g/mol. The van der Waals surface area contributed by atoms with E-state index in [1.54, 1.807) is 0 Å². The van der Waals surface area contributed by atoms with Crippen molar-refractivity contribution >= 4 is 43.1 Å². The van der Waals surface area contributed by atoms with E-state index in [2.05, 4.69) is 73.7 Å². The van der Waals surface area contributed by atoms with Crippen molar-refractivity contribution in [1.82, 2.24) is 0 Å². The van der Waals surface area contributed by atoms with Crippen LogP contribution in [0.2, 0.25) is 0 Å². The van der Waals surface area contributed by atoms with E-state index >= 15 is 0 Å². The van der Waals surface area contributed by atoms with Crippen LogP contribution in [0.5, 0.6) is 0 Å². The van der Waals surface area contributed by atoms with E-state index in [9.17, 15) is 0 Å². The van der Waals surface area contributed by atoms with Crippen LogP contribution < -0.4 is 0 Å². The molecule has 5 aromatic carbocycles. The van der Waals surface area contributed by atoms with Gasteiger partial charge in [0.15, 0.2) is 0 Å². The first-order chi connectivity index (χ1) is 11.9. The minimum Gasteiger partial charge on any atom is -0.0654 e. The Hall–Kier alpha value is -2.60. The molecule has 0 aliphatic carbocycles. The predicted molar refractivity (Wildman–Crippen MR) is 106 cm³/mol. The Morgan fingerprint density at radius 3 is 2.08 bits per heavy atom. The molecule has 0 nitrogen and oxygen atoms in total. The third-order valence-corrected chi connectivity index (χ3v) is 5.40. The maximum absolute atomic E-state index is 2.35. The van der Waals surface area contributed by atoms with Gasteiger partial charge in [0, 0.05) is 0 Å². The Morgan fingerprint density at radius 2 is 1.25 bits per heavy atom. The molecule has 0 saturated carbocycles. The van der Waals surface area contributed by atoms with Crippen LogP contribution in [0.15, 0.2) is 66.7 Å². The van der Waals surface area contributed by atoms with Gasteiger partial charge in [-0.2, -0.15) is 0 Å². The molecule has 0 amide bonds. The molecule has 5 rings (SSSR count). The monoisotopic (exact) mass is 308 g/mol. The molecule has 0 unspecified atom stereocenters. The highest BCUT2D eigenvalue weighted by atomic mass is 14.2. The Labute approximate surface area is 142 Å². The fourth-order valence-corrected chi connectivity index (χ4v) is 4.28. The average Bonchev–Trinajstić information content (AvgIpc) is 2.65. The molecule has 0 aromatic heterocycles. The van der Waals surface area contributed by atoms with Gasteiger partial charge in [0.1, 0.15) is 0 Å². The van der Waals surface area contributed by atoms with Gasteiger partial charge in [-0.1, -0.05) is 80.1 Å². The molecular formula is C24H20. The van der Waals surface area contributed by atoms with Crippen molar-refractivity contribution in [3.05, 3.63) is 72.3 Å². The second kappa shape index (κ2) is 5.21. The maximum atomic E-state index is 2.35. The third-order valence-electron chi connectivity index (χ3n) is 5.40.